The van der Waals surface area contributed by atoms with Gasteiger partial charge in [0.1, 0.15) is 5.82 Å². The first-order chi connectivity index (χ1) is 13.1. The summed E-state index contributed by atoms with van der Waals surface area (Å²) in [5, 5.41) is 2.93. The van der Waals surface area contributed by atoms with Crippen molar-refractivity contribution in [3.63, 3.8) is 0 Å². The van der Waals surface area contributed by atoms with Crippen LogP contribution in [-0.4, -0.2) is 17.4 Å². The van der Waals surface area contributed by atoms with E-state index in [9.17, 15) is 4.79 Å². The second-order valence-electron chi connectivity index (χ2n) is 7.10. The predicted molar refractivity (Wildman–Crippen MR) is 109 cm³/mol. The van der Waals surface area contributed by atoms with Gasteiger partial charge in [-0.1, -0.05) is 30.3 Å². The van der Waals surface area contributed by atoms with E-state index < -0.39 is 0 Å². The van der Waals surface area contributed by atoms with E-state index in [0.717, 1.165) is 30.9 Å². The Morgan fingerprint density at radius 3 is 2.56 bits per heavy atom. The molecule has 1 N–H and O–H groups in total. The second kappa shape index (κ2) is 7.23. The quantitative estimate of drug-likeness (QED) is 0.750. The van der Waals surface area contributed by atoms with Crippen LogP contribution in [0, 0.1) is 13.8 Å². The van der Waals surface area contributed by atoms with Crippen molar-refractivity contribution in [3.8, 4) is 0 Å². The number of aryl methyl sites for hydroxylation is 2. The molecule has 1 aliphatic rings. The number of amides is 1. The zero-order valence-corrected chi connectivity index (χ0v) is 15.7. The van der Waals surface area contributed by atoms with Crippen molar-refractivity contribution in [3.05, 3.63) is 88.6 Å². The Hall–Kier alpha value is -3.14. The van der Waals surface area contributed by atoms with Crippen LogP contribution in [0.2, 0.25) is 0 Å². The molecule has 2 aromatic carbocycles. The average Bonchev–Trinajstić information content (AvgIpc) is 2.70. The molecule has 1 aliphatic heterocycles. The van der Waals surface area contributed by atoms with Gasteiger partial charge in [0.05, 0.1) is 11.9 Å². The third-order valence-corrected chi connectivity index (χ3v) is 5.23. The van der Waals surface area contributed by atoms with Crippen LogP contribution in [0.25, 0.3) is 0 Å². The van der Waals surface area contributed by atoms with E-state index in [1.807, 2.05) is 44.2 Å². The molecule has 0 saturated carbocycles. The number of anilines is 2. The minimum Gasteiger partial charge on any atom is -0.352 e. The molecule has 3 aromatic rings. The zero-order chi connectivity index (χ0) is 18.8. The fourth-order valence-electron chi connectivity index (χ4n) is 3.42. The van der Waals surface area contributed by atoms with Gasteiger partial charge in [-0.15, -0.1) is 0 Å². The number of rotatable bonds is 3. The van der Waals surface area contributed by atoms with Gasteiger partial charge in [-0.3, -0.25) is 4.79 Å². The number of nitrogens with one attached hydrogen (secondary N) is 1. The molecule has 27 heavy (non-hydrogen) atoms. The van der Waals surface area contributed by atoms with E-state index in [4.69, 9.17) is 0 Å². The maximum atomic E-state index is 12.5. The van der Waals surface area contributed by atoms with E-state index in [0.29, 0.717) is 11.3 Å². The summed E-state index contributed by atoms with van der Waals surface area (Å²) in [4.78, 5) is 19.3. The van der Waals surface area contributed by atoms with Gasteiger partial charge in [0, 0.05) is 18.7 Å². The Bertz CT molecular complexity index is 979. The molecular formula is C23H23N3O. The van der Waals surface area contributed by atoms with E-state index in [2.05, 4.69) is 39.5 Å². The van der Waals surface area contributed by atoms with Gasteiger partial charge in [-0.05, 0) is 66.8 Å². The Balaban J connectivity index is 1.45. The van der Waals surface area contributed by atoms with E-state index in [-0.39, 0.29) is 5.91 Å². The number of nitrogens with zero attached hydrogens (tertiary/aromatic N) is 2. The van der Waals surface area contributed by atoms with Crippen LogP contribution in [0.5, 0.6) is 0 Å². The third-order valence-electron chi connectivity index (χ3n) is 5.23. The maximum Gasteiger partial charge on any atom is 0.255 e. The van der Waals surface area contributed by atoms with Crippen LogP contribution in [0.15, 0.2) is 60.8 Å². The molecule has 0 aliphatic carbocycles. The fraction of sp³-hybridized carbons (Fsp3) is 0.217. The Morgan fingerprint density at radius 2 is 1.81 bits per heavy atom. The standard InChI is InChI=1S/C23H23N3O/c1-16-7-8-19(13-17(16)2)23(27)25-21-9-10-22(24-14-21)26-12-11-18-5-3-4-6-20(18)15-26/h3-10,13-14H,11-12,15H2,1-2H3,(H,25,27). The summed E-state index contributed by atoms with van der Waals surface area (Å²) >= 11 is 0. The van der Waals surface area contributed by atoms with Crippen molar-refractivity contribution in [2.24, 2.45) is 0 Å². The molecule has 4 heteroatoms. The summed E-state index contributed by atoms with van der Waals surface area (Å²) in [6.07, 6.45) is 2.76. The molecule has 0 bridgehead atoms. The number of hydrogen-bond acceptors (Lipinski definition) is 3. The first kappa shape index (κ1) is 17.3. The van der Waals surface area contributed by atoms with Crippen molar-refractivity contribution < 1.29 is 4.79 Å². The number of benzene rings is 2. The van der Waals surface area contributed by atoms with Crippen molar-refractivity contribution >= 4 is 17.4 Å². The number of carbonyl (C=O) groups excluding carboxylic acids is 1. The maximum absolute atomic E-state index is 12.5. The van der Waals surface area contributed by atoms with Crippen molar-refractivity contribution in [2.75, 3.05) is 16.8 Å². The average molecular weight is 357 g/mol. The van der Waals surface area contributed by atoms with Gasteiger partial charge >= 0.3 is 0 Å². The molecule has 0 unspecified atom stereocenters. The van der Waals surface area contributed by atoms with Crippen molar-refractivity contribution in [2.45, 2.75) is 26.8 Å². The first-order valence-electron chi connectivity index (χ1n) is 9.26. The van der Waals surface area contributed by atoms with E-state index in [1.54, 1.807) is 6.20 Å². The minimum absolute atomic E-state index is 0.112. The molecule has 0 spiro atoms. The lowest BCUT2D eigenvalue weighted by Crippen LogP contribution is -2.30. The zero-order valence-electron chi connectivity index (χ0n) is 15.7. The van der Waals surface area contributed by atoms with Crippen LogP contribution in [-0.2, 0) is 13.0 Å². The summed E-state index contributed by atoms with van der Waals surface area (Å²) in [7, 11) is 0. The SMILES string of the molecule is Cc1ccc(C(=O)Nc2ccc(N3CCc4ccccc4C3)nc2)cc1C. The number of pyridine rings is 1. The van der Waals surface area contributed by atoms with Crippen LogP contribution < -0.4 is 10.2 Å². The normalized spacial score (nSPS) is 13.2. The van der Waals surface area contributed by atoms with Crippen LogP contribution in [0.1, 0.15) is 32.6 Å². The largest absolute Gasteiger partial charge is 0.352 e. The monoisotopic (exact) mass is 357 g/mol. The van der Waals surface area contributed by atoms with Gasteiger partial charge in [-0.25, -0.2) is 4.98 Å². The van der Waals surface area contributed by atoms with Gasteiger partial charge in [0.15, 0.2) is 0 Å². The number of aromatic nitrogens is 1. The molecule has 0 radical (unpaired) electrons. The summed E-state index contributed by atoms with van der Waals surface area (Å²) in [6, 6.07) is 18.2. The van der Waals surface area contributed by atoms with Gasteiger partial charge in [0.2, 0.25) is 0 Å². The smallest absolute Gasteiger partial charge is 0.255 e. The van der Waals surface area contributed by atoms with Gasteiger partial charge in [0.25, 0.3) is 5.91 Å². The van der Waals surface area contributed by atoms with Gasteiger partial charge in [-0.2, -0.15) is 0 Å². The van der Waals surface area contributed by atoms with Crippen LogP contribution in [0.4, 0.5) is 11.5 Å². The van der Waals surface area contributed by atoms with Crippen LogP contribution >= 0.6 is 0 Å². The highest BCUT2D eigenvalue weighted by Crippen LogP contribution is 2.24. The number of hydrogen-bond donors (Lipinski definition) is 1. The second-order valence-corrected chi connectivity index (χ2v) is 7.10. The van der Waals surface area contributed by atoms with E-state index in [1.165, 1.54) is 16.7 Å². The molecule has 2 heterocycles. The molecular weight excluding hydrogens is 334 g/mol. The van der Waals surface area contributed by atoms with Crippen molar-refractivity contribution in [1.82, 2.24) is 4.98 Å². The molecule has 1 aromatic heterocycles. The third kappa shape index (κ3) is 3.70. The highest BCUT2D eigenvalue weighted by atomic mass is 16.1. The molecule has 0 fully saturated rings. The van der Waals surface area contributed by atoms with Crippen LogP contribution in [0.3, 0.4) is 0 Å². The number of carbonyl (C=O) groups is 1. The lowest BCUT2D eigenvalue weighted by molar-refractivity contribution is 0.102. The Kier molecular flexibility index (Phi) is 4.63. The highest BCUT2D eigenvalue weighted by molar-refractivity contribution is 6.04. The van der Waals surface area contributed by atoms with Gasteiger partial charge < -0.3 is 10.2 Å². The summed E-state index contributed by atoms with van der Waals surface area (Å²) in [5.74, 6) is 0.827. The summed E-state index contributed by atoms with van der Waals surface area (Å²) in [5.41, 5.74) is 6.44. The molecule has 0 saturated heterocycles. The summed E-state index contributed by atoms with van der Waals surface area (Å²) in [6.45, 7) is 5.88. The molecule has 4 rings (SSSR count). The Morgan fingerprint density at radius 1 is 1.00 bits per heavy atom. The summed E-state index contributed by atoms with van der Waals surface area (Å²) < 4.78 is 0. The first-order valence-corrected chi connectivity index (χ1v) is 9.26. The lowest BCUT2D eigenvalue weighted by Gasteiger charge is -2.29. The van der Waals surface area contributed by atoms with E-state index >= 15 is 0 Å². The Labute approximate surface area is 159 Å². The molecule has 1 amide bonds. The molecule has 136 valence electrons. The lowest BCUT2D eigenvalue weighted by atomic mass is 10.00. The molecule has 0 atom stereocenters. The number of fused-ring (bicyclic) bond motifs is 1. The molecule has 4 nitrogen and oxygen atoms in total. The minimum atomic E-state index is -0.112. The predicted octanol–water partition coefficient (Wildman–Crippen LogP) is 4.51. The van der Waals surface area contributed by atoms with Crippen molar-refractivity contribution in [1.29, 1.82) is 0 Å². The topological polar surface area (TPSA) is 45.2 Å². The highest BCUT2D eigenvalue weighted by Gasteiger charge is 2.17. The fourth-order valence-corrected chi connectivity index (χ4v) is 3.42.